The predicted octanol–water partition coefficient (Wildman–Crippen LogP) is 4.44. The van der Waals surface area contributed by atoms with Crippen LogP contribution < -0.4 is 9.62 Å². The number of carboxylic acid groups (broad SMARTS) is 1. The third-order valence-corrected chi connectivity index (χ3v) is 6.91. The first-order valence-corrected chi connectivity index (χ1v) is 12.0. The van der Waals surface area contributed by atoms with Gasteiger partial charge in [-0.1, -0.05) is 32.0 Å². The largest absolute Gasteiger partial charge is 0.478 e. The number of carboxylic acids is 1. The fraction of sp³-hybridized carbons (Fsp3) is 0.435. The van der Waals surface area contributed by atoms with Crippen molar-refractivity contribution in [3.63, 3.8) is 0 Å². The SMILES string of the molecule is CC(C)CC(NS(=O)(=O)c1ccc(C(=O)O)cc1)c1ccccc1N1CCCCC1. The van der Waals surface area contributed by atoms with Crippen LogP contribution in [0.25, 0.3) is 0 Å². The maximum absolute atomic E-state index is 13.1. The zero-order valence-corrected chi connectivity index (χ0v) is 18.4. The summed E-state index contributed by atoms with van der Waals surface area (Å²) in [6.45, 7) is 6.11. The fourth-order valence-corrected chi connectivity index (χ4v) is 5.18. The van der Waals surface area contributed by atoms with Crippen molar-refractivity contribution in [2.45, 2.75) is 50.5 Å². The Bertz CT molecular complexity index is 965. The molecule has 0 saturated carbocycles. The minimum absolute atomic E-state index is 0.0584. The van der Waals surface area contributed by atoms with E-state index in [-0.39, 0.29) is 16.5 Å². The molecular weight excluding hydrogens is 400 g/mol. The van der Waals surface area contributed by atoms with E-state index in [1.54, 1.807) is 0 Å². The third-order valence-electron chi connectivity index (χ3n) is 5.43. The molecule has 1 saturated heterocycles. The lowest BCUT2D eigenvalue weighted by Gasteiger charge is -2.33. The smallest absolute Gasteiger partial charge is 0.335 e. The van der Waals surface area contributed by atoms with Crippen molar-refractivity contribution in [3.05, 3.63) is 59.7 Å². The summed E-state index contributed by atoms with van der Waals surface area (Å²) in [5, 5.41) is 9.06. The van der Waals surface area contributed by atoms with Gasteiger partial charge in [-0.3, -0.25) is 0 Å². The van der Waals surface area contributed by atoms with Crippen LogP contribution in [0.4, 0.5) is 5.69 Å². The lowest BCUT2D eigenvalue weighted by Crippen LogP contribution is -2.34. The molecule has 30 heavy (non-hydrogen) atoms. The third kappa shape index (κ3) is 5.40. The molecule has 1 aliphatic heterocycles. The van der Waals surface area contributed by atoms with Crippen molar-refractivity contribution in [3.8, 4) is 0 Å². The Morgan fingerprint density at radius 3 is 2.27 bits per heavy atom. The molecule has 0 spiro atoms. The molecular formula is C23H30N2O4S. The van der Waals surface area contributed by atoms with Crippen LogP contribution in [0.15, 0.2) is 53.4 Å². The summed E-state index contributed by atoms with van der Waals surface area (Å²) in [5.41, 5.74) is 2.13. The number of hydrogen-bond acceptors (Lipinski definition) is 4. The van der Waals surface area contributed by atoms with Gasteiger partial charge < -0.3 is 10.0 Å². The van der Waals surface area contributed by atoms with Gasteiger partial charge in [0.15, 0.2) is 0 Å². The highest BCUT2D eigenvalue weighted by Crippen LogP contribution is 2.33. The van der Waals surface area contributed by atoms with Gasteiger partial charge in [-0.05, 0) is 67.5 Å². The van der Waals surface area contributed by atoms with E-state index in [1.807, 2.05) is 18.2 Å². The summed E-state index contributed by atoms with van der Waals surface area (Å²) in [4.78, 5) is 13.5. The Morgan fingerprint density at radius 1 is 1.03 bits per heavy atom. The summed E-state index contributed by atoms with van der Waals surface area (Å²) in [5.74, 6) is -0.790. The topological polar surface area (TPSA) is 86.7 Å². The van der Waals surface area contributed by atoms with Gasteiger partial charge in [0.05, 0.1) is 10.5 Å². The molecule has 6 nitrogen and oxygen atoms in total. The number of piperidine rings is 1. The molecule has 0 amide bonds. The number of carbonyl (C=O) groups is 1. The molecule has 1 unspecified atom stereocenters. The van der Waals surface area contributed by atoms with Crippen LogP contribution in [0.1, 0.15) is 61.5 Å². The van der Waals surface area contributed by atoms with Gasteiger partial charge >= 0.3 is 5.97 Å². The van der Waals surface area contributed by atoms with Crippen molar-refractivity contribution in [1.82, 2.24) is 4.72 Å². The molecule has 2 N–H and O–H groups in total. The molecule has 0 aromatic heterocycles. The normalized spacial score (nSPS) is 15.9. The Morgan fingerprint density at radius 2 is 1.67 bits per heavy atom. The lowest BCUT2D eigenvalue weighted by atomic mass is 9.95. The van der Waals surface area contributed by atoms with Gasteiger partial charge in [0.25, 0.3) is 0 Å². The molecule has 0 aliphatic carbocycles. The first kappa shape index (κ1) is 22.3. The van der Waals surface area contributed by atoms with Crippen LogP contribution in [0.2, 0.25) is 0 Å². The Kier molecular flexibility index (Phi) is 7.15. The van der Waals surface area contributed by atoms with Crippen molar-refractivity contribution in [1.29, 1.82) is 0 Å². The van der Waals surface area contributed by atoms with Crippen LogP contribution in [-0.2, 0) is 10.0 Å². The van der Waals surface area contributed by atoms with Crippen molar-refractivity contribution in [2.24, 2.45) is 5.92 Å². The number of anilines is 1. The highest BCUT2D eigenvalue weighted by atomic mass is 32.2. The average molecular weight is 431 g/mol. The summed E-state index contributed by atoms with van der Waals surface area (Å²) in [6, 6.07) is 13.0. The summed E-state index contributed by atoms with van der Waals surface area (Å²) < 4.78 is 29.1. The number of hydrogen-bond donors (Lipinski definition) is 2. The molecule has 0 bridgehead atoms. The van der Waals surface area contributed by atoms with Gasteiger partial charge in [0.2, 0.25) is 10.0 Å². The van der Waals surface area contributed by atoms with Gasteiger partial charge in [-0.25, -0.2) is 17.9 Å². The zero-order valence-electron chi connectivity index (χ0n) is 17.5. The molecule has 7 heteroatoms. The van der Waals surface area contributed by atoms with E-state index >= 15 is 0 Å². The number of benzene rings is 2. The van der Waals surface area contributed by atoms with Crippen molar-refractivity contribution in [2.75, 3.05) is 18.0 Å². The lowest BCUT2D eigenvalue weighted by molar-refractivity contribution is 0.0696. The predicted molar refractivity (Wildman–Crippen MR) is 118 cm³/mol. The van der Waals surface area contributed by atoms with E-state index in [1.165, 1.54) is 30.7 Å². The number of nitrogens with one attached hydrogen (secondary N) is 1. The number of sulfonamides is 1. The maximum atomic E-state index is 13.1. The van der Waals surface area contributed by atoms with Gasteiger partial charge in [-0.2, -0.15) is 0 Å². The molecule has 2 aromatic carbocycles. The Balaban J connectivity index is 1.92. The minimum atomic E-state index is -3.80. The van der Waals surface area contributed by atoms with E-state index in [0.29, 0.717) is 12.3 Å². The highest BCUT2D eigenvalue weighted by molar-refractivity contribution is 7.89. The monoisotopic (exact) mass is 430 g/mol. The number of aromatic carboxylic acids is 1. The second-order valence-corrected chi connectivity index (χ2v) is 9.95. The minimum Gasteiger partial charge on any atom is -0.478 e. The Hall–Kier alpha value is -2.38. The van der Waals surface area contributed by atoms with Gasteiger partial charge in [0, 0.05) is 24.8 Å². The second-order valence-electron chi connectivity index (χ2n) is 8.24. The first-order chi connectivity index (χ1) is 14.3. The van der Waals surface area contributed by atoms with Crippen LogP contribution in [0.5, 0.6) is 0 Å². The van der Waals surface area contributed by atoms with Crippen molar-refractivity contribution < 1.29 is 18.3 Å². The number of para-hydroxylation sites is 1. The highest BCUT2D eigenvalue weighted by Gasteiger charge is 2.26. The average Bonchev–Trinajstić information content (AvgIpc) is 2.73. The molecule has 162 valence electrons. The fourth-order valence-electron chi connectivity index (χ4n) is 3.95. The number of nitrogens with zero attached hydrogens (tertiary/aromatic N) is 1. The molecule has 1 heterocycles. The van der Waals surface area contributed by atoms with Crippen molar-refractivity contribution >= 4 is 21.7 Å². The summed E-state index contributed by atoms with van der Waals surface area (Å²) >= 11 is 0. The van der Waals surface area contributed by atoms with E-state index < -0.39 is 16.0 Å². The van der Waals surface area contributed by atoms with Crippen LogP contribution in [0.3, 0.4) is 0 Å². The zero-order chi connectivity index (χ0) is 21.7. The summed E-state index contributed by atoms with van der Waals surface area (Å²) in [6.07, 6.45) is 4.18. The molecule has 2 aromatic rings. The molecule has 1 atom stereocenters. The van der Waals surface area contributed by atoms with E-state index in [9.17, 15) is 13.2 Å². The second kappa shape index (κ2) is 9.62. The van der Waals surface area contributed by atoms with Crippen LogP contribution in [0, 0.1) is 5.92 Å². The van der Waals surface area contributed by atoms with E-state index in [0.717, 1.165) is 37.2 Å². The number of rotatable bonds is 8. The molecule has 3 rings (SSSR count). The van der Waals surface area contributed by atoms with Gasteiger partial charge in [-0.15, -0.1) is 0 Å². The van der Waals surface area contributed by atoms with Crippen LogP contribution in [-0.4, -0.2) is 32.6 Å². The van der Waals surface area contributed by atoms with Crippen LogP contribution >= 0.6 is 0 Å². The maximum Gasteiger partial charge on any atom is 0.335 e. The summed E-state index contributed by atoms with van der Waals surface area (Å²) in [7, 11) is -3.80. The molecule has 1 fully saturated rings. The van der Waals surface area contributed by atoms with E-state index in [4.69, 9.17) is 5.11 Å². The molecule has 1 aliphatic rings. The molecule has 0 radical (unpaired) electrons. The first-order valence-electron chi connectivity index (χ1n) is 10.5. The Labute approximate surface area is 179 Å². The van der Waals surface area contributed by atoms with E-state index in [2.05, 4.69) is 29.5 Å². The quantitative estimate of drug-likeness (QED) is 0.646. The standard InChI is InChI=1S/C23H30N2O4S/c1-17(2)16-21(20-8-4-5-9-22(20)25-14-6-3-7-15-25)24-30(28,29)19-12-10-18(11-13-19)23(26)27/h4-5,8-13,17,21,24H,3,6-7,14-16H2,1-2H3,(H,26,27). The van der Waals surface area contributed by atoms with Gasteiger partial charge in [0.1, 0.15) is 0 Å².